The number of hydrogen-bond donors (Lipinski definition) is 1. The molecule has 0 saturated carbocycles. The van der Waals surface area contributed by atoms with Gasteiger partial charge in [0.15, 0.2) is 0 Å². The van der Waals surface area contributed by atoms with E-state index in [0.29, 0.717) is 18.4 Å². The van der Waals surface area contributed by atoms with Gasteiger partial charge in [-0.15, -0.1) is 0 Å². The molecule has 1 fully saturated rings. The first-order chi connectivity index (χ1) is 11.5. The molecule has 0 spiro atoms. The zero-order valence-electron chi connectivity index (χ0n) is 15.0. The number of nitrogens with zero attached hydrogens (tertiary/aromatic N) is 1. The molecule has 1 aromatic rings. The van der Waals surface area contributed by atoms with Crippen molar-refractivity contribution in [3.63, 3.8) is 0 Å². The highest BCUT2D eigenvalue weighted by Gasteiger charge is 2.21. The van der Waals surface area contributed by atoms with Crippen molar-refractivity contribution in [3.8, 4) is 5.75 Å². The third kappa shape index (κ3) is 5.78. The van der Waals surface area contributed by atoms with E-state index in [9.17, 15) is 4.79 Å². The van der Waals surface area contributed by atoms with Crippen molar-refractivity contribution in [2.45, 2.75) is 45.6 Å². The number of aryl methyl sites for hydroxylation is 1. The fraction of sp³-hybridized carbons (Fsp3) is 0.632. The van der Waals surface area contributed by atoms with Crippen LogP contribution < -0.4 is 10.1 Å². The maximum absolute atomic E-state index is 12.1. The molecular weight excluding hydrogens is 368 g/mol. The third-order valence-corrected chi connectivity index (χ3v) is 5.35. The minimum absolute atomic E-state index is 0.142. The zero-order valence-corrected chi connectivity index (χ0v) is 16.6. The Morgan fingerprint density at radius 1 is 1.46 bits per heavy atom. The summed E-state index contributed by atoms with van der Waals surface area (Å²) in [7, 11) is 1.65. The van der Waals surface area contributed by atoms with Crippen molar-refractivity contribution >= 4 is 21.8 Å². The Labute approximate surface area is 154 Å². The lowest BCUT2D eigenvalue weighted by atomic mass is 9.97. The molecule has 1 aliphatic heterocycles. The number of benzene rings is 1. The summed E-state index contributed by atoms with van der Waals surface area (Å²) in [6, 6.07) is 6.56. The van der Waals surface area contributed by atoms with Crippen LogP contribution in [0.25, 0.3) is 0 Å². The first kappa shape index (κ1) is 19.3. The van der Waals surface area contributed by atoms with Gasteiger partial charge in [0.1, 0.15) is 5.75 Å². The molecule has 134 valence electrons. The molecule has 1 atom stereocenters. The topological polar surface area (TPSA) is 41.6 Å². The first-order valence-electron chi connectivity index (χ1n) is 8.82. The molecule has 1 saturated heterocycles. The van der Waals surface area contributed by atoms with Crippen LogP contribution in [-0.2, 0) is 11.2 Å². The predicted octanol–water partition coefficient (Wildman–Crippen LogP) is 3.63. The minimum Gasteiger partial charge on any atom is -0.496 e. The quantitative estimate of drug-likeness (QED) is 0.764. The summed E-state index contributed by atoms with van der Waals surface area (Å²) in [4.78, 5) is 14.6. The van der Waals surface area contributed by atoms with E-state index >= 15 is 0 Å². The van der Waals surface area contributed by atoms with Crippen molar-refractivity contribution in [3.05, 3.63) is 28.2 Å². The Balaban J connectivity index is 1.72. The lowest BCUT2D eigenvalue weighted by Crippen LogP contribution is -2.43. The van der Waals surface area contributed by atoms with E-state index in [1.54, 1.807) is 7.11 Å². The third-order valence-electron chi connectivity index (χ3n) is 4.73. The van der Waals surface area contributed by atoms with E-state index in [2.05, 4.69) is 40.0 Å². The second-order valence-corrected chi connectivity index (χ2v) is 7.72. The van der Waals surface area contributed by atoms with Gasteiger partial charge in [0.2, 0.25) is 5.91 Å². The molecule has 2 rings (SSSR count). The van der Waals surface area contributed by atoms with Crippen LogP contribution in [-0.4, -0.2) is 43.6 Å². The number of amides is 1. The molecule has 0 aromatic heterocycles. The van der Waals surface area contributed by atoms with Crippen LogP contribution in [0.1, 0.15) is 38.7 Å². The molecule has 1 aromatic carbocycles. The summed E-state index contributed by atoms with van der Waals surface area (Å²) in [5, 5.41) is 3.12. The Hall–Kier alpha value is -1.07. The second kappa shape index (κ2) is 9.42. The molecule has 1 aliphatic rings. The van der Waals surface area contributed by atoms with Crippen LogP contribution in [0, 0.1) is 5.92 Å². The van der Waals surface area contributed by atoms with Gasteiger partial charge >= 0.3 is 0 Å². The van der Waals surface area contributed by atoms with E-state index < -0.39 is 0 Å². The maximum atomic E-state index is 12.1. The van der Waals surface area contributed by atoms with Crippen LogP contribution in [0.2, 0.25) is 0 Å². The fourth-order valence-corrected chi connectivity index (χ4v) is 3.79. The normalized spacial score (nSPS) is 18.6. The van der Waals surface area contributed by atoms with Gasteiger partial charge in [-0.1, -0.05) is 6.07 Å². The van der Waals surface area contributed by atoms with Crippen molar-refractivity contribution < 1.29 is 9.53 Å². The van der Waals surface area contributed by atoms with E-state index in [1.807, 2.05) is 18.2 Å². The van der Waals surface area contributed by atoms with Crippen molar-refractivity contribution in [2.75, 3.05) is 26.7 Å². The number of carbonyl (C=O) groups is 1. The molecule has 0 radical (unpaired) electrons. The zero-order chi connectivity index (χ0) is 17.5. The van der Waals surface area contributed by atoms with Crippen LogP contribution in [0.15, 0.2) is 22.7 Å². The average molecular weight is 397 g/mol. The highest BCUT2D eigenvalue weighted by Crippen LogP contribution is 2.26. The molecule has 0 bridgehead atoms. The number of methoxy groups -OCH3 is 1. The number of hydrogen-bond acceptors (Lipinski definition) is 3. The Morgan fingerprint density at radius 2 is 2.25 bits per heavy atom. The molecule has 1 N–H and O–H groups in total. The number of nitrogens with one attached hydrogen (secondary N) is 1. The lowest BCUT2D eigenvalue weighted by Gasteiger charge is -2.35. The van der Waals surface area contributed by atoms with Gasteiger partial charge in [0.25, 0.3) is 0 Å². The van der Waals surface area contributed by atoms with E-state index in [0.717, 1.165) is 35.3 Å². The van der Waals surface area contributed by atoms with Gasteiger partial charge < -0.3 is 15.0 Å². The fourth-order valence-electron chi connectivity index (χ4n) is 3.20. The molecule has 1 amide bonds. The number of likely N-dealkylation sites (tertiary alicyclic amines) is 1. The van der Waals surface area contributed by atoms with Gasteiger partial charge in [-0.25, -0.2) is 0 Å². The maximum Gasteiger partial charge on any atom is 0.220 e. The van der Waals surface area contributed by atoms with Gasteiger partial charge in [-0.3, -0.25) is 4.79 Å². The summed E-state index contributed by atoms with van der Waals surface area (Å²) < 4.78 is 6.16. The number of piperidine rings is 1. The summed E-state index contributed by atoms with van der Waals surface area (Å²) in [5.41, 5.74) is 1.14. The van der Waals surface area contributed by atoms with E-state index in [1.165, 1.54) is 19.4 Å². The molecule has 24 heavy (non-hydrogen) atoms. The Bertz CT molecular complexity index is 548. The number of carbonyl (C=O) groups excluding carboxylic acids is 1. The van der Waals surface area contributed by atoms with Crippen LogP contribution in [0.5, 0.6) is 5.75 Å². The predicted molar refractivity (Wildman–Crippen MR) is 101 cm³/mol. The van der Waals surface area contributed by atoms with Gasteiger partial charge in [-0.05, 0) is 79.2 Å². The Morgan fingerprint density at radius 3 is 2.92 bits per heavy atom. The van der Waals surface area contributed by atoms with Crippen molar-refractivity contribution in [1.29, 1.82) is 0 Å². The van der Waals surface area contributed by atoms with Crippen LogP contribution >= 0.6 is 15.9 Å². The standard InChI is InChI=1S/C19H29BrN2O2/c1-14(2)22-10-4-5-16(13-22)12-21-19(23)9-7-15-6-8-18(24-3)17(20)11-15/h6,8,11,14,16H,4-5,7,9-10,12-13H2,1-3H3,(H,21,23). The molecule has 1 heterocycles. The first-order valence-corrected chi connectivity index (χ1v) is 9.62. The van der Waals surface area contributed by atoms with E-state index in [4.69, 9.17) is 4.74 Å². The smallest absolute Gasteiger partial charge is 0.220 e. The molecular formula is C19H29BrN2O2. The summed E-state index contributed by atoms with van der Waals surface area (Å²) in [6.07, 6.45) is 3.73. The summed E-state index contributed by atoms with van der Waals surface area (Å²) in [5.74, 6) is 1.54. The SMILES string of the molecule is COc1ccc(CCC(=O)NCC2CCCN(C(C)C)C2)cc1Br. The van der Waals surface area contributed by atoms with Crippen LogP contribution in [0.4, 0.5) is 0 Å². The summed E-state index contributed by atoms with van der Waals surface area (Å²) in [6.45, 7) is 7.58. The highest BCUT2D eigenvalue weighted by atomic mass is 79.9. The summed E-state index contributed by atoms with van der Waals surface area (Å²) >= 11 is 3.48. The number of ether oxygens (including phenoxy) is 1. The second-order valence-electron chi connectivity index (χ2n) is 6.87. The lowest BCUT2D eigenvalue weighted by molar-refractivity contribution is -0.121. The highest BCUT2D eigenvalue weighted by molar-refractivity contribution is 9.10. The monoisotopic (exact) mass is 396 g/mol. The van der Waals surface area contributed by atoms with Gasteiger partial charge in [0, 0.05) is 25.6 Å². The average Bonchev–Trinajstić information content (AvgIpc) is 2.58. The Kier molecular flexibility index (Phi) is 7.56. The molecule has 0 aliphatic carbocycles. The largest absolute Gasteiger partial charge is 0.496 e. The van der Waals surface area contributed by atoms with Crippen molar-refractivity contribution in [2.24, 2.45) is 5.92 Å². The molecule has 4 nitrogen and oxygen atoms in total. The molecule has 5 heteroatoms. The van der Waals surface area contributed by atoms with Gasteiger partial charge in [0.05, 0.1) is 11.6 Å². The van der Waals surface area contributed by atoms with Crippen molar-refractivity contribution in [1.82, 2.24) is 10.2 Å². The van der Waals surface area contributed by atoms with E-state index in [-0.39, 0.29) is 5.91 Å². The number of rotatable bonds is 7. The molecule has 1 unspecified atom stereocenters. The minimum atomic E-state index is 0.142. The van der Waals surface area contributed by atoms with Crippen LogP contribution in [0.3, 0.4) is 0 Å². The van der Waals surface area contributed by atoms with Gasteiger partial charge in [-0.2, -0.15) is 0 Å². The number of halogens is 1.